The zero-order chi connectivity index (χ0) is 19.1. The van der Waals surface area contributed by atoms with E-state index in [2.05, 4.69) is 10.6 Å². The summed E-state index contributed by atoms with van der Waals surface area (Å²) in [6.45, 7) is 3.33. The van der Waals surface area contributed by atoms with Crippen LogP contribution < -0.4 is 15.4 Å². The number of nitrogens with one attached hydrogen (secondary N) is 2. The molecular weight excluding hydrogens is 335 g/mol. The van der Waals surface area contributed by atoms with E-state index in [0.717, 1.165) is 16.9 Å². The fourth-order valence-electron chi connectivity index (χ4n) is 2.19. The van der Waals surface area contributed by atoms with Crippen molar-refractivity contribution in [3.05, 3.63) is 65.5 Å². The highest BCUT2D eigenvalue weighted by Gasteiger charge is 2.16. The van der Waals surface area contributed by atoms with Crippen LogP contribution in [0.1, 0.15) is 18.1 Å². The van der Waals surface area contributed by atoms with Gasteiger partial charge in [0, 0.05) is 6.08 Å². The Morgan fingerprint density at radius 1 is 1.15 bits per heavy atom. The Balaban J connectivity index is 1.91. The highest BCUT2D eigenvalue weighted by atomic mass is 19.1. The molecule has 2 N–H and O–H groups in total. The fourth-order valence-corrected chi connectivity index (χ4v) is 2.19. The van der Waals surface area contributed by atoms with Gasteiger partial charge in [-0.15, -0.1) is 0 Å². The summed E-state index contributed by atoms with van der Waals surface area (Å²) in [6, 6.07) is 10.8. The lowest BCUT2D eigenvalue weighted by molar-refractivity contribution is -0.123. The number of halogens is 1. The van der Waals surface area contributed by atoms with Crippen molar-refractivity contribution in [2.45, 2.75) is 19.9 Å². The Morgan fingerprint density at radius 3 is 2.50 bits per heavy atom. The number of amides is 2. The van der Waals surface area contributed by atoms with E-state index in [9.17, 15) is 14.0 Å². The number of rotatable bonds is 6. The normalized spacial score (nSPS) is 11.8. The first-order chi connectivity index (χ1) is 12.4. The van der Waals surface area contributed by atoms with Gasteiger partial charge in [0.2, 0.25) is 11.8 Å². The van der Waals surface area contributed by atoms with Gasteiger partial charge >= 0.3 is 0 Å². The van der Waals surface area contributed by atoms with Crippen molar-refractivity contribution in [3.8, 4) is 5.75 Å². The van der Waals surface area contributed by atoms with Crippen LogP contribution in [0.4, 0.5) is 10.1 Å². The van der Waals surface area contributed by atoms with E-state index in [1.807, 2.05) is 0 Å². The molecule has 0 radical (unpaired) electrons. The highest BCUT2D eigenvalue weighted by molar-refractivity contribution is 5.99. The monoisotopic (exact) mass is 356 g/mol. The summed E-state index contributed by atoms with van der Waals surface area (Å²) in [4.78, 5) is 24.1. The summed E-state index contributed by atoms with van der Waals surface area (Å²) in [5, 5.41) is 5.02. The zero-order valence-electron chi connectivity index (χ0n) is 14.9. The first-order valence-electron chi connectivity index (χ1n) is 8.08. The van der Waals surface area contributed by atoms with Crippen LogP contribution in [0.15, 0.2) is 48.5 Å². The Kier molecular flexibility index (Phi) is 6.49. The molecule has 136 valence electrons. The van der Waals surface area contributed by atoms with E-state index >= 15 is 0 Å². The summed E-state index contributed by atoms with van der Waals surface area (Å²) in [5.41, 5.74) is 1.73. The summed E-state index contributed by atoms with van der Waals surface area (Å²) in [5.74, 6) is -0.726. The lowest BCUT2D eigenvalue weighted by atomic mass is 10.2. The molecule has 0 spiro atoms. The Bertz CT molecular complexity index is 816. The third-order valence-electron chi connectivity index (χ3n) is 3.67. The summed E-state index contributed by atoms with van der Waals surface area (Å²) in [7, 11) is 1.58. The first kappa shape index (κ1) is 19.2. The maximum absolute atomic E-state index is 13.7. The van der Waals surface area contributed by atoms with Gasteiger partial charge in [0.25, 0.3) is 0 Å². The van der Waals surface area contributed by atoms with Crippen LogP contribution in [0, 0.1) is 12.7 Å². The molecule has 0 saturated carbocycles. The number of ether oxygens (including phenoxy) is 1. The van der Waals surface area contributed by atoms with Crippen molar-refractivity contribution in [3.63, 3.8) is 0 Å². The summed E-state index contributed by atoms with van der Waals surface area (Å²) in [6.07, 6.45) is 2.96. The molecule has 0 bridgehead atoms. The predicted molar refractivity (Wildman–Crippen MR) is 99.4 cm³/mol. The van der Waals surface area contributed by atoms with Gasteiger partial charge in [-0.2, -0.15) is 0 Å². The molecular formula is C20H21FN2O3. The van der Waals surface area contributed by atoms with Gasteiger partial charge in [-0.25, -0.2) is 4.39 Å². The van der Waals surface area contributed by atoms with Crippen molar-refractivity contribution in [2.75, 3.05) is 12.4 Å². The van der Waals surface area contributed by atoms with Gasteiger partial charge < -0.3 is 15.4 Å². The molecule has 2 aromatic rings. The molecule has 0 fully saturated rings. The number of methoxy groups -OCH3 is 1. The van der Waals surface area contributed by atoms with Crippen molar-refractivity contribution in [1.82, 2.24) is 5.32 Å². The third-order valence-corrected chi connectivity index (χ3v) is 3.67. The number of carbonyl (C=O) groups excluding carboxylic acids is 2. The second kappa shape index (κ2) is 8.80. The topological polar surface area (TPSA) is 67.4 Å². The average molecular weight is 356 g/mol. The van der Waals surface area contributed by atoms with Crippen LogP contribution in [0.3, 0.4) is 0 Å². The zero-order valence-corrected chi connectivity index (χ0v) is 14.9. The summed E-state index contributed by atoms with van der Waals surface area (Å²) >= 11 is 0. The highest BCUT2D eigenvalue weighted by Crippen LogP contribution is 2.16. The summed E-state index contributed by atoms with van der Waals surface area (Å²) < 4.78 is 18.8. The number of benzene rings is 2. The maximum Gasteiger partial charge on any atom is 0.246 e. The maximum atomic E-state index is 13.7. The Hall–Kier alpha value is -3.15. The Morgan fingerprint density at radius 2 is 1.85 bits per heavy atom. The number of anilines is 1. The average Bonchev–Trinajstić information content (AvgIpc) is 2.63. The molecule has 0 heterocycles. The van der Waals surface area contributed by atoms with E-state index in [1.54, 1.807) is 50.4 Å². The van der Waals surface area contributed by atoms with Crippen LogP contribution in [0.25, 0.3) is 6.08 Å². The van der Waals surface area contributed by atoms with E-state index in [0.29, 0.717) is 0 Å². The predicted octanol–water partition coefficient (Wildman–Crippen LogP) is 3.30. The van der Waals surface area contributed by atoms with Crippen LogP contribution in [0.2, 0.25) is 0 Å². The third kappa shape index (κ3) is 5.44. The van der Waals surface area contributed by atoms with Crippen LogP contribution >= 0.6 is 0 Å². The van der Waals surface area contributed by atoms with Gasteiger partial charge in [0.05, 0.1) is 12.8 Å². The minimum Gasteiger partial charge on any atom is -0.497 e. The van der Waals surface area contributed by atoms with Gasteiger partial charge in [-0.1, -0.05) is 18.2 Å². The van der Waals surface area contributed by atoms with E-state index in [-0.39, 0.29) is 5.69 Å². The van der Waals surface area contributed by atoms with E-state index in [4.69, 9.17) is 4.74 Å². The molecule has 2 rings (SSSR count). The van der Waals surface area contributed by atoms with Crippen molar-refractivity contribution in [2.24, 2.45) is 0 Å². The number of aryl methyl sites for hydroxylation is 1. The standard InChI is InChI=1S/C20H21FN2O3/c1-13-4-10-17(21)18(12-13)23-20(25)14(2)22-19(24)11-7-15-5-8-16(26-3)9-6-15/h4-12,14H,1-3H3,(H,22,24)(H,23,25)/b11-7+. The van der Waals surface area contributed by atoms with Crippen LogP contribution in [-0.2, 0) is 9.59 Å². The molecule has 2 amide bonds. The molecule has 1 unspecified atom stereocenters. The molecule has 0 aromatic heterocycles. The second-order valence-electron chi connectivity index (χ2n) is 5.81. The molecule has 5 nitrogen and oxygen atoms in total. The SMILES string of the molecule is COc1ccc(/C=C/C(=O)NC(C)C(=O)Nc2cc(C)ccc2F)cc1. The molecule has 0 aliphatic heterocycles. The smallest absolute Gasteiger partial charge is 0.246 e. The van der Waals surface area contributed by atoms with E-state index in [1.165, 1.54) is 25.1 Å². The lowest BCUT2D eigenvalue weighted by Crippen LogP contribution is -2.41. The number of hydrogen-bond donors (Lipinski definition) is 2. The quantitative estimate of drug-likeness (QED) is 0.781. The van der Waals surface area contributed by atoms with Gasteiger partial charge in [0.15, 0.2) is 0 Å². The lowest BCUT2D eigenvalue weighted by Gasteiger charge is -2.13. The molecule has 1 atom stereocenters. The molecule has 0 aliphatic carbocycles. The fraction of sp³-hybridized carbons (Fsp3) is 0.200. The van der Waals surface area contributed by atoms with Crippen molar-refractivity contribution < 1.29 is 18.7 Å². The van der Waals surface area contributed by atoms with Gasteiger partial charge in [0.1, 0.15) is 17.6 Å². The molecule has 26 heavy (non-hydrogen) atoms. The van der Waals surface area contributed by atoms with Crippen LogP contribution in [-0.4, -0.2) is 25.0 Å². The minimum atomic E-state index is -0.817. The molecule has 2 aromatic carbocycles. The second-order valence-corrected chi connectivity index (χ2v) is 5.81. The van der Waals surface area contributed by atoms with E-state index < -0.39 is 23.7 Å². The molecule has 0 aliphatic rings. The van der Waals surface area contributed by atoms with Gasteiger partial charge in [-0.05, 0) is 55.3 Å². The van der Waals surface area contributed by atoms with Crippen LogP contribution in [0.5, 0.6) is 5.75 Å². The molecule has 6 heteroatoms. The number of hydrogen-bond acceptors (Lipinski definition) is 3. The first-order valence-corrected chi connectivity index (χ1v) is 8.08. The van der Waals surface area contributed by atoms with Gasteiger partial charge in [-0.3, -0.25) is 9.59 Å². The molecule has 0 saturated heterocycles. The largest absolute Gasteiger partial charge is 0.497 e. The Labute approximate surface area is 151 Å². The number of carbonyl (C=O) groups is 2. The van der Waals surface area contributed by atoms with Crippen molar-refractivity contribution >= 4 is 23.6 Å². The minimum absolute atomic E-state index is 0.0878. The van der Waals surface area contributed by atoms with Crippen molar-refractivity contribution in [1.29, 1.82) is 0 Å².